The summed E-state index contributed by atoms with van der Waals surface area (Å²) in [7, 11) is 0. The Morgan fingerprint density at radius 3 is 3.05 bits per heavy atom. The molecule has 1 aromatic carbocycles. The lowest BCUT2D eigenvalue weighted by Gasteiger charge is -2.22. The van der Waals surface area contributed by atoms with Gasteiger partial charge in [-0.2, -0.15) is 4.98 Å². The first-order chi connectivity index (χ1) is 9.72. The molecule has 1 aliphatic heterocycles. The van der Waals surface area contributed by atoms with Gasteiger partial charge in [-0.15, -0.1) is 0 Å². The molecule has 1 aromatic heterocycles. The fourth-order valence-corrected chi connectivity index (χ4v) is 2.39. The number of aromatic nitrogens is 2. The third-order valence-corrected chi connectivity index (χ3v) is 3.52. The quantitative estimate of drug-likeness (QED) is 0.925. The maximum Gasteiger partial charge on any atom is 0.228 e. The molecule has 5 nitrogen and oxygen atoms in total. The predicted molar refractivity (Wildman–Crippen MR) is 75.5 cm³/mol. The van der Waals surface area contributed by atoms with Crippen molar-refractivity contribution in [1.29, 1.82) is 0 Å². The van der Waals surface area contributed by atoms with Crippen LogP contribution in [0, 0.1) is 13.8 Å². The summed E-state index contributed by atoms with van der Waals surface area (Å²) < 4.78 is 10.8. The first kappa shape index (κ1) is 13.3. The number of nitrogens with zero attached hydrogens (tertiary/aromatic N) is 2. The predicted octanol–water partition coefficient (Wildman–Crippen LogP) is 1.88. The van der Waals surface area contributed by atoms with Crippen molar-refractivity contribution < 1.29 is 9.26 Å². The Morgan fingerprint density at radius 2 is 2.25 bits per heavy atom. The molecule has 2 heterocycles. The third-order valence-electron chi connectivity index (χ3n) is 3.52. The molecular formula is C15H19N3O2. The van der Waals surface area contributed by atoms with Gasteiger partial charge in [0.1, 0.15) is 0 Å². The topological polar surface area (TPSA) is 60.2 Å². The molecule has 0 saturated carbocycles. The van der Waals surface area contributed by atoms with E-state index >= 15 is 0 Å². The molecule has 106 valence electrons. The van der Waals surface area contributed by atoms with Gasteiger partial charge >= 0.3 is 0 Å². The van der Waals surface area contributed by atoms with Crippen molar-refractivity contribution in [2.75, 3.05) is 19.8 Å². The van der Waals surface area contributed by atoms with E-state index in [1.54, 1.807) is 0 Å². The lowest BCUT2D eigenvalue weighted by atomic mass is 10.1. The zero-order valence-electron chi connectivity index (χ0n) is 11.8. The highest BCUT2D eigenvalue weighted by Gasteiger charge is 2.18. The number of ether oxygens (including phenoxy) is 1. The van der Waals surface area contributed by atoms with Crippen LogP contribution in [0.5, 0.6) is 0 Å². The van der Waals surface area contributed by atoms with Crippen molar-refractivity contribution in [2.24, 2.45) is 0 Å². The minimum atomic E-state index is 0.260. The summed E-state index contributed by atoms with van der Waals surface area (Å²) in [5, 5.41) is 7.48. The van der Waals surface area contributed by atoms with Crippen molar-refractivity contribution in [3.63, 3.8) is 0 Å². The van der Waals surface area contributed by atoms with Crippen LogP contribution >= 0.6 is 0 Å². The Balaban J connectivity index is 1.77. The van der Waals surface area contributed by atoms with Gasteiger partial charge in [0.05, 0.1) is 13.2 Å². The molecule has 2 aromatic rings. The van der Waals surface area contributed by atoms with E-state index in [1.165, 1.54) is 5.56 Å². The van der Waals surface area contributed by atoms with Gasteiger partial charge in [-0.1, -0.05) is 22.9 Å². The second kappa shape index (κ2) is 5.73. The van der Waals surface area contributed by atoms with Crippen LogP contribution in [0.15, 0.2) is 22.7 Å². The van der Waals surface area contributed by atoms with Crippen molar-refractivity contribution in [1.82, 2.24) is 15.5 Å². The van der Waals surface area contributed by atoms with Crippen molar-refractivity contribution >= 4 is 0 Å². The van der Waals surface area contributed by atoms with Gasteiger partial charge in [-0.3, -0.25) is 0 Å². The Kier molecular flexibility index (Phi) is 3.80. The zero-order chi connectivity index (χ0) is 13.9. The van der Waals surface area contributed by atoms with Crippen LogP contribution in [0.4, 0.5) is 0 Å². The Bertz CT molecular complexity index is 589. The second-order valence-corrected chi connectivity index (χ2v) is 5.26. The molecule has 1 unspecified atom stereocenters. The SMILES string of the molecule is Cc1ccc(C)c(-c2noc(CC3COCCN3)n2)c1. The third kappa shape index (κ3) is 2.89. The van der Waals surface area contributed by atoms with Gasteiger partial charge in [-0.05, 0) is 25.5 Å². The number of rotatable bonds is 3. The number of aryl methyl sites for hydroxylation is 2. The maximum absolute atomic E-state index is 5.43. The van der Waals surface area contributed by atoms with Crippen molar-refractivity contribution in [3.05, 3.63) is 35.2 Å². The minimum Gasteiger partial charge on any atom is -0.378 e. The van der Waals surface area contributed by atoms with Crippen LogP contribution in [-0.2, 0) is 11.2 Å². The van der Waals surface area contributed by atoms with E-state index in [2.05, 4.69) is 47.5 Å². The average Bonchev–Trinajstić information content (AvgIpc) is 2.91. The molecule has 1 aliphatic rings. The molecular weight excluding hydrogens is 254 g/mol. The van der Waals surface area contributed by atoms with E-state index in [-0.39, 0.29) is 6.04 Å². The molecule has 0 amide bonds. The summed E-state index contributed by atoms with van der Waals surface area (Å²) in [5.74, 6) is 1.32. The van der Waals surface area contributed by atoms with Crippen LogP contribution in [0.3, 0.4) is 0 Å². The van der Waals surface area contributed by atoms with E-state index in [0.29, 0.717) is 24.7 Å². The van der Waals surface area contributed by atoms with Crippen LogP contribution in [0.1, 0.15) is 17.0 Å². The highest BCUT2D eigenvalue weighted by Crippen LogP contribution is 2.22. The summed E-state index contributed by atoms with van der Waals surface area (Å²) in [6, 6.07) is 6.52. The molecule has 0 aliphatic carbocycles. The van der Waals surface area contributed by atoms with Gasteiger partial charge in [0.2, 0.25) is 11.7 Å². The molecule has 1 atom stereocenters. The summed E-state index contributed by atoms with van der Waals surface area (Å²) in [4.78, 5) is 4.50. The van der Waals surface area contributed by atoms with Crippen molar-refractivity contribution in [3.8, 4) is 11.4 Å². The molecule has 0 bridgehead atoms. The molecule has 0 radical (unpaired) electrons. The normalized spacial score (nSPS) is 19.2. The summed E-state index contributed by atoms with van der Waals surface area (Å²) in [6.07, 6.45) is 0.706. The van der Waals surface area contributed by atoms with E-state index in [9.17, 15) is 0 Å². The number of nitrogens with one attached hydrogen (secondary N) is 1. The lowest BCUT2D eigenvalue weighted by molar-refractivity contribution is 0.0744. The van der Waals surface area contributed by atoms with Gasteiger partial charge in [0.25, 0.3) is 0 Å². The van der Waals surface area contributed by atoms with Crippen molar-refractivity contribution in [2.45, 2.75) is 26.3 Å². The number of morpholine rings is 1. The monoisotopic (exact) mass is 273 g/mol. The lowest BCUT2D eigenvalue weighted by Crippen LogP contribution is -2.42. The fraction of sp³-hybridized carbons (Fsp3) is 0.467. The van der Waals surface area contributed by atoms with Crippen LogP contribution < -0.4 is 5.32 Å². The Morgan fingerprint density at radius 1 is 1.35 bits per heavy atom. The standard InChI is InChI=1S/C15H19N3O2/c1-10-3-4-11(2)13(7-10)15-17-14(20-18-15)8-12-9-19-6-5-16-12/h3-4,7,12,16H,5-6,8-9H2,1-2H3. The molecule has 1 saturated heterocycles. The van der Waals surface area contributed by atoms with E-state index in [0.717, 1.165) is 24.3 Å². The largest absolute Gasteiger partial charge is 0.378 e. The Hall–Kier alpha value is -1.72. The van der Waals surface area contributed by atoms with Gasteiger partial charge < -0.3 is 14.6 Å². The van der Waals surface area contributed by atoms with Gasteiger partial charge in [-0.25, -0.2) is 0 Å². The molecule has 3 rings (SSSR count). The zero-order valence-corrected chi connectivity index (χ0v) is 11.8. The van der Waals surface area contributed by atoms with Gasteiger partial charge in [0.15, 0.2) is 0 Å². The van der Waals surface area contributed by atoms with E-state index < -0.39 is 0 Å². The van der Waals surface area contributed by atoms with E-state index in [4.69, 9.17) is 9.26 Å². The molecule has 5 heteroatoms. The Labute approximate surface area is 118 Å². The number of hydrogen-bond acceptors (Lipinski definition) is 5. The maximum atomic E-state index is 5.43. The minimum absolute atomic E-state index is 0.260. The number of hydrogen-bond donors (Lipinski definition) is 1. The molecule has 20 heavy (non-hydrogen) atoms. The first-order valence-corrected chi connectivity index (χ1v) is 6.94. The smallest absolute Gasteiger partial charge is 0.228 e. The molecule has 1 fully saturated rings. The van der Waals surface area contributed by atoms with Gasteiger partial charge in [0, 0.05) is 24.6 Å². The average molecular weight is 273 g/mol. The summed E-state index contributed by atoms with van der Waals surface area (Å²) in [6.45, 7) is 6.46. The number of benzene rings is 1. The first-order valence-electron chi connectivity index (χ1n) is 6.94. The van der Waals surface area contributed by atoms with Crippen LogP contribution in [0.25, 0.3) is 11.4 Å². The fourth-order valence-electron chi connectivity index (χ4n) is 2.39. The van der Waals surface area contributed by atoms with Crippen LogP contribution in [0.2, 0.25) is 0 Å². The highest BCUT2D eigenvalue weighted by molar-refractivity contribution is 5.60. The molecule has 0 spiro atoms. The highest BCUT2D eigenvalue weighted by atomic mass is 16.5. The van der Waals surface area contributed by atoms with Crippen LogP contribution in [-0.4, -0.2) is 35.9 Å². The summed E-state index contributed by atoms with van der Waals surface area (Å²) >= 11 is 0. The van der Waals surface area contributed by atoms with E-state index in [1.807, 2.05) is 0 Å². The second-order valence-electron chi connectivity index (χ2n) is 5.26. The summed E-state index contributed by atoms with van der Waals surface area (Å²) in [5.41, 5.74) is 3.38. The molecule has 1 N–H and O–H groups in total.